The number of nitrogens with one attached hydrogen (secondary N) is 1. The number of hydrogen-bond donors (Lipinski definition) is 1. The molecule has 172 valence electrons. The molecule has 2 aromatic heterocycles. The van der Waals surface area contributed by atoms with Crippen LogP contribution in [0.25, 0.3) is 5.69 Å². The lowest BCUT2D eigenvalue weighted by molar-refractivity contribution is 0.563. The minimum atomic E-state index is -0.0932. The van der Waals surface area contributed by atoms with E-state index in [1.165, 1.54) is 16.8 Å². The molecule has 0 spiro atoms. The number of pyridine rings is 1. The lowest BCUT2D eigenvalue weighted by atomic mass is 9.93. The van der Waals surface area contributed by atoms with Crippen molar-refractivity contribution in [2.75, 3.05) is 4.90 Å². The molecule has 0 amide bonds. The summed E-state index contributed by atoms with van der Waals surface area (Å²) in [6.07, 6.45) is 1.83. The molecule has 5 rings (SSSR count). The van der Waals surface area contributed by atoms with Gasteiger partial charge in [0.25, 0.3) is 0 Å². The zero-order valence-corrected chi connectivity index (χ0v) is 22.2. The van der Waals surface area contributed by atoms with Gasteiger partial charge in [-0.3, -0.25) is 4.98 Å². The van der Waals surface area contributed by atoms with Crippen molar-refractivity contribution in [3.63, 3.8) is 0 Å². The summed E-state index contributed by atoms with van der Waals surface area (Å²) < 4.78 is 3.31. The summed E-state index contributed by atoms with van der Waals surface area (Å²) in [5.74, 6) is 0. The molecule has 1 aliphatic heterocycles. The van der Waals surface area contributed by atoms with E-state index in [4.69, 9.17) is 28.8 Å². The van der Waals surface area contributed by atoms with Crippen LogP contribution in [0.2, 0.25) is 5.02 Å². The third-order valence-corrected chi connectivity index (χ3v) is 7.65. The van der Waals surface area contributed by atoms with Gasteiger partial charge in [-0.15, -0.1) is 0 Å². The highest BCUT2D eigenvalue weighted by molar-refractivity contribution is 9.10. The molecule has 4 aromatic rings. The van der Waals surface area contributed by atoms with Crippen molar-refractivity contribution in [1.82, 2.24) is 14.9 Å². The molecule has 1 saturated heterocycles. The van der Waals surface area contributed by atoms with E-state index in [0.29, 0.717) is 5.11 Å². The van der Waals surface area contributed by atoms with E-state index in [9.17, 15) is 0 Å². The molecule has 0 saturated carbocycles. The summed E-state index contributed by atoms with van der Waals surface area (Å²) >= 11 is 15.8. The Morgan fingerprint density at radius 2 is 1.71 bits per heavy atom. The van der Waals surface area contributed by atoms with E-state index in [1.54, 1.807) is 0 Å². The lowest BCUT2D eigenvalue weighted by Gasteiger charge is -2.29. The number of hydrogen-bond acceptors (Lipinski definition) is 2. The first kappa shape index (κ1) is 23.1. The largest absolute Gasteiger partial charge is 0.351 e. The predicted molar refractivity (Wildman–Crippen MR) is 147 cm³/mol. The van der Waals surface area contributed by atoms with Crippen molar-refractivity contribution in [2.24, 2.45) is 0 Å². The van der Waals surface area contributed by atoms with Crippen molar-refractivity contribution in [1.29, 1.82) is 0 Å². The van der Waals surface area contributed by atoms with E-state index < -0.39 is 0 Å². The van der Waals surface area contributed by atoms with Gasteiger partial charge in [0.1, 0.15) is 0 Å². The monoisotopic (exact) mass is 550 g/mol. The summed E-state index contributed by atoms with van der Waals surface area (Å²) in [6, 6.07) is 22.1. The van der Waals surface area contributed by atoms with Crippen LogP contribution in [0.1, 0.15) is 40.3 Å². The van der Waals surface area contributed by atoms with Crippen LogP contribution in [0.15, 0.2) is 77.4 Å². The van der Waals surface area contributed by atoms with Crippen LogP contribution in [0.3, 0.4) is 0 Å². The third-order valence-electron chi connectivity index (χ3n) is 6.57. The maximum Gasteiger partial charge on any atom is 0.174 e. The van der Waals surface area contributed by atoms with Gasteiger partial charge >= 0.3 is 0 Å². The van der Waals surface area contributed by atoms with Crippen LogP contribution >= 0.6 is 39.7 Å². The molecule has 34 heavy (non-hydrogen) atoms. The SMILES string of the molecule is Cc1c(C2C(c3ccccn3)NC(=S)N2c2ccc(Br)cc2)c(C)n(-c2cccc(Cl)c2)c1C. The Labute approximate surface area is 218 Å². The summed E-state index contributed by atoms with van der Waals surface area (Å²) in [6.45, 7) is 6.52. The van der Waals surface area contributed by atoms with Gasteiger partial charge < -0.3 is 14.8 Å². The second-order valence-electron chi connectivity index (χ2n) is 8.50. The van der Waals surface area contributed by atoms with E-state index >= 15 is 0 Å². The molecule has 2 aromatic carbocycles. The van der Waals surface area contributed by atoms with E-state index in [2.05, 4.69) is 75.8 Å². The van der Waals surface area contributed by atoms with Crippen LogP contribution < -0.4 is 10.2 Å². The minimum absolute atomic E-state index is 0.0669. The number of aromatic nitrogens is 2. The molecule has 0 bridgehead atoms. The highest BCUT2D eigenvalue weighted by Gasteiger charge is 2.43. The number of thiocarbonyl (C=S) groups is 1. The second-order valence-corrected chi connectivity index (χ2v) is 10.2. The molecule has 0 radical (unpaired) electrons. The van der Waals surface area contributed by atoms with Crippen LogP contribution in [0, 0.1) is 20.8 Å². The van der Waals surface area contributed by atoms with Gasteiger partial charge in [-0.25, -0.2) is 0 Å². The van der Waals surface area contributed by atoms with E-state index in [-0.39, 0.29) is 12.1 Å². The smallest absolute Gasteiger partial charge is 0.174 e. The van der Waals surface area contributed by atoms with Gasteiger partial charge in [0, 0.05) is 44.0 Å². The Hall–Kier alpha value is -2.67. The van der Waals surface area contributed by atoms with Crippen LogP contribution in [0.4, 0.5) is 5.69 Å². The molecule has 3 heterocycles. The molecule has 2 unspecified atom stereocenters. The minimum Gasteiger partial charge on any atom is -0.351 e. The van der Waals surface area contributed by atoms with Crippen molar-refractivity contribution in [3.8, 4) is 5.69 Å². The van der Waals surface area contributed by atoms with Gasteiger partial charge in [0.05, 0.1) is 17.8 Å². The number of rotatable bonds is 4. The van der Waals surface area contributed by atoms with Crippen molar-refractivity contribution >= 4 is 50.5 Å². The Kier molecular flexibility index (Phi) is 6.23. The molecule has 1 fully saturated rings. The molecular weight excluding hydrogens is 528 g/mol. The zero-order chi connectivity index (χ0) is 24.0. The summed E-state index contributed by atoms with van der Waals surface area (Å²) in [5.41, 5.74) is 7.87. The Morgan fingerprint density at radius 1 is 0.941 bits per heavy atom. The van der Waals surface area contributed by atoms with Gasteiger partial charge in [0.2, 0.25) is 0 Å². The fourth-order valence-electron chi connectivity index (χ4n) is 4.97. The van der Waals surface area contributed by atoms with Crippen LogP contribution in [-0.4, -0.2) is 14.7 Å². The molecule has 2 atom stereocenters. The second kappa shape index (κ2) is 9.17. The molecule has 7 heteroatoms. The lowest BCUT2D eigenvalue weighted by Crippen LogP contribution is -2.29. The topological polar surface area (TPSA) is 33.1 Å². The van der Waals surface area contributed by atoms with Crippen molar-refractivity contribution in [2.45, 2.75) is 32.9 Å². The first-order valence-electron chi connectivity index (χ1n) is 11.1. The number of nitrogens with zero attached hydrogens (tertiary/aromatic N) is 3. The molecule has 4 nitrogen and oxygen atoms in total. The molecule has 1 N–H and O–H groups in total. The summed E-state index contributed by atoms with van der Waals surface area (Å²) in [7, 11) is 0. The molecule has 1 aliphatic rings. The summed E-state index contributed by atoms with van der Waals surface area (Å²) in [4.78, 5) is 6.91. The van der Waals surface area contributed by atoms with Gasteiger partial charge in [-0.1, -0.05) is 39.7 Å². The third kappa shape index (κ3) is 3.94. The Morgan fingerprint density at radius 3 is 2.38 bits per heavy atom. The Bertz CT molecular complexity index is 1370. The first-order valence-corrected chi connectivity index (χ1v) is 12.7. The number of benzene rings is 2. The van der Waals surface area contributed by atoms with E-state index in [1.807, 2.05) is 48.7 Å². The maximum atomic E-state index is 6.35. The highest BCUT2D eigenvalue weighted by atomic mass is 79.9. The number of halogens is 2. The van der Waals surface area contributed by atoms with Crippen LogP contribution in [0.5, 0.6) is 0 Å². The quantitative estimate of drug-likeness (QED) is 0.268. The van der Waals surface area contributed by atoms with Crippen molar-refractivity contribution < 1.29 is 0 Å². The highest BCUT2D eigenvalue weighted by Crippen LogP contribution is 2.45. The van der Waals surface area contributed by atoms with Gasteiger partial charge in [-0.2, -0.15) is 0 Å². The van der Waals surface area contributed by atoms with E-state index in [0.717, 1.165) is 32.3 Å². The van der Waals surface area contributed by atoms with Gasteiger partial charge in [-0.05, 0) is 93.1 Å². The average molecular weight is 552 g/mol. The fraction of sp³-hybridized carbons (Fsp3) is 0.185. The molecule has 0 aliphatic carbocycles. The predicted octanol–water partition coefficient (Wildman–Crippen LogP) is 7.39. The summed E-state index contributed by atoms with van der Waals surface area (Å²) in [5, 5.41) is 4.97. The van der Waals surface area contributed by atoms with Gasteiger partial charge in [0.15, 0.2) is 5.11 Å². The fourth-order valence-corrected chi connectivity index (χ4v) is 5.77. The molecular formula is C27H24BrClN4S. The average Bonchev–Trinajstić information content (AvgIpc) is 3.27. The number of anilines is 1. The normalized spacial score (nSPS) is 17.8. The van der Waals surface area contributed by atoms with Crippen molar-refractivity contribution in [3.05, 3.63) is 111 Å². The first-order chi connectivity index (χ1) is 16.4. The Balaban J connectivity index is 1.73. The standard InChI is InChI=1S/C27H24BrClN4S/c1-16-17(2)32(22-8-6-7-20(29)15-22)18(3)24(16)26-25(23-9-4-5-14-30-23)31-27(34)33(26)21-12-10-19(28)11-13-21/h4-15,25-26H,1-3H3,(H,31,34). The maximum absolute atomic E-state index is 6.35. The zero-order valence-electron chi connectivity index (χ0n) is 19.1. The van der Waals surface area contributed by atoms with Crippen LogP contribution in [-0.2, 0) is 0 Å².